The first-order valence-corrected chi connectivity index (χ1v) is 9.53. The Hall–Kier alpha value is -1.43. The predicted molar refractivity (Wildman–Crippen MR) is 99.1 cm³/mol. The van der Waals surface area contributed by atoms with Crippen LogP contribution in [0.3, 0.4) is 0 Å². The lowest BCUT2D eigenvalue weighted by molar-refractivity contribution is -0.141. The van der Waals surface area contributed by atoms with Crippen LogP contribution in [-0.4, -0.2) is 60.6 Å². The monoisotopic (exact) mass is 345 g/mol. The van der Waals surface area contributed by atoms with Crippen molar-refractivity contribution in [2.45, 2.75) is 38.3 Å². The van der Waals surface area contributed by atoms with E-state index in [1.807, 2.05) is 4.90 Å². The molecule has 25 heavy (non-hydrogen) atoms. The van der Waals surface area contributed by atoms with Gasteiger partial charge in [-0.3, -0.25) is 9.69 Å². The molecule has 2 aliphatic rings. The highest BCUT2D eigenvalue weighted by Gasteiger charge is 2.39. The third kappa shape index (κ3) is 4.60. The number of benzene rings is 1. The maximum Gasteiger partial charge on any atom is 0.242 e. The Kier molecular flexibility index (Phi) is 6.10. The third-order valence-corrected chi connectivity index (χ3v) is 5.58. The fourth-order valence-electron chi connectivity index (χ4n) is 3.98. The number of hydrogen-bond donors (Lipinski definition) is 1. The second kappa shape index (κ2) is 8.30. The summed E-state index contributed by atoms with van der Waals surface area (Å²) in [6.07, 6.45) is 2.41. The number of ether oxygens (including phenoxy) is 1. The van der Waals surface area contributed by atoms with Crippen molar-refractivity contribution in [3.63, 3.8) is 0 Å². The van der Waals surface area contributed by atoms with Gasteiger partial charge in [-0.15, -0.1) is 0 Å². The van der Waals surface area contributed by atoms with E-state index in [-0.39, 0.29) is 5.91 Å². The number of amides is 1. The molecule has 2 N–H and O–H groups in total. The van der Waals surface area contributed by atoms with Crippen molar-refractivity contribution in [1.29, 1.82) is 0 Å². The van der Waals surface area contributed by atoms with Crippen LogP contribution in [0.4, 0.5) is 0 Å². The van der Waals surface area contributed by atoms with E-state index in [0.717, 1.165) is 39.1 Å². The van der Waals surface area contributed by atoms with Crippen LogP contribution in [0, 0.1) is 5.92 Å². The number of likely N-dealkylation sites (N-methyl/N-ethyl adjacent to an activating group) is 1. The average Bonchev–Trinajstić information content (AvgIpc) is 3.07. The van der Waals surface area contributed by atoms with Gasteiger partial charge >= 0.3 is 0 Å². The first-order chi connectivity index (χ1) is 12.1. The molecule has 5 nitrogen and oxygen atoms in total. The summed E-state index contributed by atoms with van der Waals surface area (Å²) in [5.41, 5.74) is 7.03. The lowest BCUT2D eigenvalue weighted by Crippen LogP contribution is -2.58. The van der Waals surface area contributed by atoms with Crippen LogP contribution in [0.25, 0.3) is 0 Å². The molecular formula is C20H31N3O2. The Morgan fingerprint density at radius 1 is 1.32 bits per heavy atom. The van der Waals surface area contributed by atoms with Crippen LogP contribution in [0.1, 0.15) is 31.7 Å². The SMILES string of the molecule is CCN(CC1CCN(Cc2ccccc2)C1)C(=O)C1(N)CCOCC1. The first kappa shape index (κ1) is 18.4. The maximum absolute atomic E-state index is 12.9. The molecule has 2 heterocycles. The Labute approximate surface area is 151 Å². The van der Waals surface area contributed by atoms with E-state index < -0.39 is 5.54 Å². The Bertz CT molecular complexity index is 557. The van der Waals surface area contributed by atoms with Gasteiger partial charge in [0.1, 0.15) is 0 Å². The molecule has 5 heteroatoms. The van der Waals surface area contributed by atoms with Crippen LogP contribution in [-0.2, 0) is 16.1 Å². The molecule has 1 atom stereocenters. The van der Waals surface area contributed by atoms with E-state index in [9.17, 15) is 4.79 Å². The van der Waals surface area contributed by atoms with E-state index in [4.69, 9.17) is 10.5 Å². The highest BCUT2D eigenvalue weighted by atomic mass is 16.5. The molecule has 2 saturated heterocycles. The van der Waals surface area contributed by atoms with Crippen molar-refractivity contribution in [1.82, 2.24) is 9.80 Å². The van der Waals surface area contributed by atoms with Crippen LogP contribution in [0.15, 0.2) is 30.3 Å². The molecule has 1 amide bonds. The second-order valence-electron chi connectivity index (χ2n) is 7.49. The molecular weight excluding hydrogens is 314 g/mol. The highest BCUT2D eigenvalue weighted by molar-refractivity contribution is 5.86. The van der Waals surface area contributed by atoms with Gasteiger partial charge in [0.05, 0.1) is 5.54 Å². The molecule has 0 spiro atoms. The number of nitrogens with two attached hydrogens (primary N) is 1. The Balaban J connectivity index is 1.53. The van der Waals surface area contributed by atoms with Gasteiger partial charge in [-0.1, -0.05) is 30.3 Å². The summed E-state index contributed by atoms with van der Waals surface area (Å²) in [5.74, 6) is 0.649. The minimum absolute atomic E-state index is 0.111. The zero-order chi connectivity index (χ0) is 17.7. The molecule has 1 aromatic carbocycles. The number of rotatable bonds is 6. The zero-order valence-corrected chi connectivity index (χ0v) is 15.3. The lowest BCUT2D eigenvalue weighted by Gasteiger charge is -2.37. The van der Waals surface area contributed by atoms with Crippen LogP contribution >= 0.6 is 0 Å². The van der Waals surface area contributed by atoms with Gasteiger partial charge in [0.15, 0.2) is 0 Å². The van der Waals surface area contributed by atoms with Gasteiger partial charge in [-0.25, -0.2) is 0 Å². The van der Waals surface area contributed by atoms with Crippen molar-refractivity contribution in [3.8, 4) is 0 Å². The van der Waals surface area contributed by atoms with Crippen molar-refractivity contribution in [2.75, 3.05) is 39.4 Å². The fourth-order valence-corrected chi connectivity index (χ4v) is 3.98. The largest absolute Gasteiger partial charge is 0.381 e. The van der Waals surface area contributed by atoms with E-state index in [1.165, 1.54) is 5.56 Å². The summed E-state index contributed by atoms with van der Waals surface area (Å²) in [7, 11) is 0. The summed E-state index contributed by atoms with van der Waals surface area (Å²) < 4.78 is 5.38. The second-order valence-corrected chi connectivity index (χ2v) is 7.49. The number of carbonyl (C=O) groups is 1. The van der Waals surface area contributed by atoms with Crippen LogP contribution < -0.4 is 5.73 Å². The van der Waals surface area contributed by atoms with Gasteiger partial charge in [0, 0.05) is 39.4 Å². The summed E-state index contributed by atoms with van der Waals surface area (Å²) >= 11 is 0. The molecule has 138 valence electrons. The van der Waals surface area contributed by atoms with Crippen molar-refractivity contribution >= 4 is 5.91 Å². The topological polar surface area (TPSA) is 58.8 Å². The smallest absolute Gasteiger partial charge is 0.242 e. The molecule has 1 unspecified atom stereocenters. The predicted octanol–water partition coefficient (Wildman–Crippen LogP) is 1.86. The van der Waals surface area contributed by atoms with Crippen LogP contribution in [0.2, 0.25) is 0 Å². The third-order valence-electron chi connectivity index (χ3n) is 5.58. The van der Waals surface area contributed by atoms with Crippen LogP contribution in [0.5, 0.6) is 0 Å². The Morgan fingerprint density at radius 3 is 2.72 bits per heavy atom. The minimum Gasteiger partial charge on any atom is -0.381 e. The van der Waals surface area contributed by atoms with Crippen molar-refractivity contribution < 1.29 is 9.53 Å². The number of carbonyl (C=O) groups excluding carboxylic acids is 1. The molecule has 3 rings (SSSR count). The fraction of sp³-hybridized carbons (Fsp3) is 0.650. The van der Waals surface area contributed by atoms with E-state index in [0.29, 0.717) is 32.0 Å². The van der Waals surface area contributed by atoms with E-state index in [1.54, 1.807) is 0 Å². The summed E-state index contributed by atoms with van der Waals surface area (Å²) in [5, 5.41) is 0. The molecule has 0 aromatic heterocycles. The number of likely N-dealkylation sites (tertiary alicyclic amines) is 1. The molecule has 0 saturated carbocycles. The molecule has 2 fully saturated rings. The van der Waals surface area contributed by atoms with E-state index >= 15 is 0 Å². The summed E-state index contributed by atoms with van der Waals surface area (Å²) in [6, 6.07) is 10.6. The van der Waals surface area contributed by atoms with Gasteiger partial charge in [-0.2, -0.15) is 0 Å². The first-order valence-electron chi connectivity index (χ1n) is 9.53. The maximum atomic E-state index is 12.9. The molecule has 0 radical (unpaired) electrons. The standard InChI is InChI=1S/C20H31N3O2/c1-2-23(19(24)20(21)9-12-25-13-10-20)16-18-8-11-22(15-18)14-17-6-4-3-5-7-17/h3-7,18H,2,8-16,21H2,1H3. The molecule has 2 aliphatic heterocycles. The van der Waals surface area contributed by atoms with Crippen molar-refractivity contribution in [3.05, 3.63) is 35.9 Å². The molecule has 0 bridgehead atoms. The number of hydrogen-bond acceptors (Lipinski definition) is 4. The van der Waals surface area contributed by atoms with Crippen molar-refractivity contribution in [2.24, 2.45) is 11.7 Å². The molecule has 0 aliphatic carbocycles. The summed E-state index contributed by atoms with van der Waals surface area (Å²) in [6.45, 7) is 7.94. The van der Waals surface area contributed by atoms with Gasteiger partial charge < -0.3 is 15.4 Å². The van der Waals surface area contributed by atoms with Gasteiger partial charge in [0.2, 0.25) is 5.91 Å². The summed E-state index contributed by atoms with van der Waals surface area (Å²) in [4.78, 5) is 17.4. The number of nitrogens with zero attached hydrogens (tertiary/aromatic N) is 2. The lowest BCUT2D eigenvalue weighted by atomic mass is 9.89. The molecule has 1 aromatic rings. The average molecular weight is 345 g/mol. The van der Waals surface area contributed by atoms with Gasteiger partial charge in [-0.05, 0) is 44.2 Å². The highest BCUT2D eigenvalue weighted by Crippen LogP contribution is 2.24. The Morgan fingerprint density at radius 2 is 2.04 bits per heavy atom. The quantitative estimate of drug-likeness (QED) is 0.855. The zero-order valence-electron chi connectivity index (χ0n) is 15.3. The van der Waals surface area contributed by atoms with E-state index in [2.05, 4.69) is 42.2 Å². The minimum atomic E-state index is -0.726. The normalized spacial score (nSPS) is 23.5. The van der Waals surface area contributed by atoms with Gasteiger partial charge in [0.25, 0.3) is 0 Å².